The molecular weight excluding hydrogens is 302 g/mol. The van der Waals surface area contributed by atoms with Crippen molar-refractivity contribution < 1.29 is 10.0 Å². The van der Waals surface area contributed by atoms with E-state index >= 15 is 0 Å². The number of nitro groups is 1. The molecule has 0 heterocycles. The van der Waals surface area contributed by atoms with Crippen LogP contribution in [-0.4, -0.2) is 10.0 Å². The Balaban J connectivity index is 2.16. The maximum atomic E-state index is 10.6. The molecular formula is C20H13NO3. The minimum Gasteiger partial charge on any atom is -0.516 e. The Morgan fingerprint density at radius 2 is 1.29 bits per heavy atom. The second-order valence-electron chi connectivity index (χ2n) is 5.65. The number of hydrogen-bond acceptors (Lipinski definition) is 3. The first-order valence-electron chi connectivity index (χ1n) is 7.52. The van der Waals surface area contributed by atoms with E-state index in [0.717, 1.165) is 55.9 Å². The molecule has 0 fully saturated rings. The fourth-order valence-corrected chi connectivity index (χ4v) is 3.36. The first-order valence-corrected chi connectivity index (χ1v) is 7.52. The Morgan fingerprint density at radius 1 is 0.792 bits per heavy atom. The zero-order chi connectivity index (χ0) is 16.7. The standard InChI is InChI=1S/C20H13NO3/c22-12-10-14-2-4-16-5-7-17-13(9-11-21(23)24)1-3-15-6-8-18(14)20(16)19(15)17/h1-12,22H/b11-9+,12-10+. The SMILES string of the molecule is O=[N+]([O-])/C=C/c1ccc2ccc3c(/C=C/O)ccc4ccc1c2c43. The number of hydrogen-bond donors (Lipinski definition) is 1. The van der Waals surface area contributed by atoms with E-state index in [1.807, 2.05) is 48.5 Å². The largest absolute Gasteiger partial charge is 0.516 e. The lowest BCUT2D eigenvalue weighted by Gasteiger charge is -2.13. The highest BCUT2D eigenvalue weighted by molar-refractivity contribution is 6.25. The first kappa shape index (κ1) is 14.2. The van der Waals surface area contributed by atoms with E-state index < -0.39 is 4.92 Å². The molecule has 4 heteroatoms. The summed E-state index contributed by atoms with van der Waals surface area (Å²) < 4.78 is 0. The summed E-state index contributed by atoms with van der Waals surface area (Å²) in [6.07, 6.45) is 5.20. The van der Waals surface area contributed by atoms with Gasteiger partial charge in [-0.3, -0.25) is 10.1 Å². The van der Waals surface area contributed by atoms with Gasteiger partial charge in [-0.2, -0.15) is 0 Å². The maximum Gasteiger partial charge on any atom is 0.235 e. The van der Waals surface area contributed by atoms with E-state index in [1.165, 1.54) is 6.08 Å². The minimum atomic E-state index is -0.456. The van der Waals surface area contributed by atoms with Gasteiger partial charge in [0.1, 0.15) is 0 Å². The van der Waals surface area contributed by atoms with Gasteiger partial charge in [0.25, 0.3) is 0 Å². The lowest BCUT2D eigenvalue weighted by atomic mass is 9.90. The minimum absolute atomic E-state index is 0.456. The number of aliphatic hydroxyl groups excluding tert-OH is 1. The van der Waals surface area contributed by atoms with Crippen molar-refractivity contribution in [1.29, 1.82) is 0 Å². The van der Waals surface area contributed by atoms with E-state index in [-0.39, 0.29) is 0 Å². The van der Waals surface area contributed by atoms with Crippen molar-refractivity contribution in [3.05, 3.63) is 82.2 Å². The smallest absolute Gasteiger partial charge is 0.235 e. The van der Waals surface area contributed by atoms with Gasteiger partial charge in [-0.25, -0.2) is 0 Å². The van der Waals surface area contributed by atoms with Crippen LogP contribution in [0, 0.1) is 10.1 Å². The van der Waals surface area contributed by atoms with Crippen LogP contribution in [-0.2, 0) is 0 Å². The zero-order valence-corrected chi connectivity index (χ0v) is 12.6. The van der Waals surface area contributed by atoms with Crippen LogP contribution >= 0.6 is 0 Å². The molecule has 116 valence electrons. The second-order valence-corrected chi connectivity index (χ2v) is 5.65. The van der Waals surface area contributed by atoms with Crippen LogP contribution in [0.3, 0.4) is 0 Å². The van der Waals surface area contributed by atoms with Crippen molar-refractivity contribution in [2.24, 2.45) is 0 Å². The molecule has 24 heavy (non-hydrogen) atoms. The molecule has 0 spiro atoms. The number of benzene rings is 4. The first-order chi connectivity index (χ1) is 11.7. The summed E-state index contributed by atoms with van der Waals surface area (Å²) in [6, 6.07) is 16.0. The van der Waals surface area contributed by atoms with E-state index in [0.29, 0.717) is 0 Å². The van der Waals surface area contributed by atoms with Crippen molar-refractivity contribution in [1.82, 2.24) is 0 Å². The third-order valence-electron chi connectivity index (χ3n) is 4.36. The Kier molecular flexibility index (Phi) is 3.17. The van der Waals surface area contributed by atoms with Crippen molar-refractivity contribution in [3.63, 3.8) is 0 Å². The van der Waals surface area contributed by atoms with Gasteiger partial charge in [0.05, 0.1) is 11.2 Å². The van der Waals surface area contributed by atoms with Gasteiger partial charge in [0.15, 0.2) is 0 Å². The highest BCUT2D eigenvalue weighted by Crippen LogP contribution is 2.37. The molecule has 0 radical (unpaired) electrons. The van der Waals surface area contributed by atoms with E-state index in [9.17, 15) is 10.1 Å². The fraction of sp³-hybridized carbons (Fsp3) is 0. The molecule has 0 saturated heterocycles. The molecule has 1 N–H and O–H groups in total. The lowest BCUT2D eigenvalue weighted by Crippen LogP contribution is -1.89. The summed E-state index contributed by atoms with van der Waals surface area (Å²) in [5, 5.41) is 26.2. The van der Waals surface area contributed by atoms with E-state index in [2.05, 4.69) is 0 Å². The van der Waals surface area contributed by atoms with Crippen LogP contribution in [0.4, 0.5) is 0 Å². The molecule has 0 atom stereocenters. The number of nitrogens with zero attached hydrogens (tertiary/aromatic N) is 1. The Hall–Kier alpha value is -3.40. The molecule has 0 aliphatic rings. The second kappa shape index (κ2) is 5.35. The normalized spacial score (nSPS) is 12.3. The monoisotopic (exact) mass is 315 g/mol. The third kappa shape index (κ3) is 2.08. The predicted molar refractivity (Wildman–Crippen MR) is 97.8 cm³/mol. The van der Waals surface area contributed by atoms with E-state index in [1.54, 1.807) is 6.08 Å². The van der Waals surface area contributed by atoms with Gasteiger partial charge >= 0.3 is 0 Å². The molecule has 0 aliphatic carbocycles. The zero-order valence-electron chi connectivity index (χ0n) is 12.6. The summed E-state index contributed by atoms with van der Waals surface area (Å²) in [7, 11) is 0. The Morgan fingerprint density at radius 3 is 1.79 bits per heavy atom. The van der Waals surface area contributed by atoms with Crippen LogP contribution in [0.25, 0.3) is 44.5 Å². The van der Waals surface area contributed by atoms with Crippen molar-refractivity contribution >= 4 is 44.5 Å². The van der Waals surface area contributed by atoms with Crippen molar-refractivity contribution in [3.8, 4) is 0 Å². The Bertz CT molecular complexity index is 1140. The van der Waals surface area contributed by atoms with Gasteiger partial charge in [-0.1, -0.05) is 48.5 Å². The van der Waals surface area contributed by atoms with Crippen LogP contribution in [0.2, 0.25) is 0 Å². The maximum absolute atomic E-state index is 10.6. The summed E-state index contributed by atoms with van der Waals surface area (Å²) in [4.78, 5) is 10.2. The molecule has 0 aromatic heterocycles. The number of rotatable bonds is 3. The highest BCUT2D eigenvalue weighted by Gasteiger charge is 2.11. The topological polar surface area (TPSA) is 63.4 Å². The van der Waals surface area contributed by atoms with Gasteiger partial charge in [0.2, 0.25) is 6.20 Å². The third-order valence-corrected chi connectivity index (χ3v) is 4.36. The summed E-state index contributed by atoms with van der Waals surface area (Å²) in [5.74, 6) is 0. The van der Waals surface area contributed by atoms with Gasteiger partial charge < -0.3 is 5.11 Å². The molecule has 0 unspecified atom stereocenters. The number of aliphatic hydroxyl groups is 1. The van der Waals surface area contributed by atoms with Gasteiger partial charge in [0, 0.05) is 6.08 Å². The molecule has 4 aromatic carbocycles. The predicted octanol–water partition coefficient (Wildman–Crippen LogP) is 5.36. The summed E-state index contributed by atoms with van der Waals surface area (Å²) >= 11 is 0. The fourth-order valence-electron chi connectivity index (χ4n) is 3.36. The van der Waals surface area contributed by atoms with E-state index in [4.69, 9.17) is 5.11 Å². The highest BCUT2D eigenvalue weighted by atomic mass is 16.6. The molecule has 4 nitrogen and oxygen atoms in total. The molecule has 0 saturated carbocycles. The van der Waals surface area contributed by atoms with Crippen molar-refractivity contribution in [2.75, 3.05) is 0 Å². The lowest BCUT2D eigenvalue weighted by molar-refractivity contribution is -0.400. The summed E-state index contributed by atoms with van der Waals surface area (Å²) in [5.41, 5.74) is 1.75. The average Bonchev–Trinajstić information content (AvgIpc) is 2.59. The van der Waals surface area contributed by atoms with Gasteiger partial charge in [-0.05, 0) is 49.5 Å². The van der Waals surface area contributed by atoms with Crippen LogP contribution in [0.5, 0.6) is 0 Å². The van der Waals surface area contributed by atoms with Crippen molar-refractivity contribution in [2.45, 2.75) is 0 Å². The average molecular weight is 315 g/mol. The molecule has 0 bridgehead atoms. The molecule has 4 rings (SSSR count). The van der Waals surface area contributed by atoms with Crippen LogP contribution in [0.1, 0.15) is 11.1 Å². The summed E-state index contributed by atoms with van der Waals surface area (Å²) in [6.45, 7) is 0. The van der Waals surface area contributed by atoms with Crippen LogP contribution in [0.15, 0.2) is 61.0 Å². The quantitative estimate of drug-likeness (QED) is 0.239. The Labute approximate surface area is 137 Å². The van der Waals surface area contributed by atoms with Crippen LogP contribution < -0.4 is 0 Å². The molecule has 4 aromatic rings. The molecule has 0 aliphatic heterocycles. The van der Waals surface area contributed by atoms with Gasteiger partial charge in [-0.15, -0.1) is 0 Å². The molecule has 0 amide bonds.